The first-order chi connectivity index (χ1) is 12.0. The molecule has 2 aromatic carbocycles. The lowest BCUT2D eigenvalue weighted by molar-refractivity contribution is 0.384. The maximum atomic E-state index is 12.6. The first-order valence-corrected chi connectivity index (χ1v) is 9.31. The van der Waals surface area contributed by atoms with Gasteiger partial charge in [-0.05, 0) is 42.3 Å². The van der Waals surface area contributed by atoms with Crippen molar-refractivity contribution in [2.75, 3.05) is 21.3 Å². The number of nitrogens with one attached hydrogen (secondary N) is 1. The lowest BCUT2D eigenvalue weighted by atomic mass is 10.1. The molecule has 2 rings (SSSR count). The predicted octanol–water partition coefficient (Wildman–Crippen LogP) is 2.75. The van der Waals surface area contributed by atoms with E-state index in [4.69, 9.17) is 14.2 Å². The highest BCUT2D eigenvalue weighted by Gasteiger charge is 2.18. The summed E-state index contributed by atoms with van der Waals surface area (Å²) in [6.45, 7) is 2.00. The molecule has 6 nitrogen and oxygen atoms in total. The van der Waals surface area contributed by atoms with Crippen LogP contribution in [0.5, 0.6) is 17.2 Å². The summed E-state index contributed by atoms with van der Waals surface area (Å²) in [5.74, 6) is 1.80. The van der Waals surface area contributed by atoms with E-state index in [9.17, 15) is 8.42 Å². The van der Waals surface area contributed by atoms with E-state index in [1.807, 2.05) is 6.92 Å². The van der Waals surface area contributed by atoms with Gasteiger partial charge in [-0.3, -0.25) is 0 Å². The van der Waals surface area contributed by atoms with E-state index >= 15 is 0 Å². The molecule has 0 fully saturated rings. The van der Waals surface area contributed by atoms with Crippen molar-refractivity contribution in [1.82, 2.24) is 4.72 Å². The van der Waals surface area contributed by atoms with Crippen LogP contribution in [-0.4, -0.2) is 29.7 Å². The molecule has 0 aliphatic carbocycles. The van der Waals surface area contributed by atoms with Crippen LogP contribution >= 0.6 is 0 Å². The first-order valence-electron chi connectivity index (χ1n) is 7.83. The zero-order chi connectivity index (χ0) is 18.4. The Morgan fingerprint density at radius 3 is 2.04 bits per heavy atom. The number of sulfonamides is 1. The van der Waals surface area contributed by atoms with Gasteiger partial charge < -0.3 is 14.2 Å². The van der Waals surface area contributed by atoms with E-state index in [1.165, 1.54) is 20.3 Å². The van der Waals surface area contributed by atoms with E-state index in [2.05, 4.69) is 4.72 Å². The largest absolute Gasteiger partial charge is 0.496 e. The van der Waals surface area contributed by atoms with Gasteiger partial charge in [0.25, 0.3) is 0 Å². The van der Waals surface area contributed by atoms with Crippen molar-refractivity contribution >= 4 is 10.0 Å². The summed E-state index contributed by atoms with van der Waals surface area (Å²) in [6, 6.07) is 10.1. The van der Waals surface area contributed by atoms with E-state index < -0.39 is 10.0 Å². The summed E-state index contributed by atoms with van der Waals surface area (Å²) < 4.78 is 43.7. The maximum absolute atomic E-state index is 12.6. The van der Waals surface area contributed by atoms with Gasteiger partial charge in [-0.25, -0.2) is 13.1 Å². The van der Waals surface area contributed by atoms with Crippen molar-refractivity contribution in [1.29, 1.82) is 0 Å². The Morgan fingerprint density at radius 1 is 0.920 bits per heavy atom. The molecule has 2 aromatic rings. The number of hydrogen-bond donors (Lipinski definition) is 1. The number of ether oxygens (including phenoxy) is 3. The number of aryl methyl sites for hydroxylation is 1. The van der Waals surface area contributed by atoms with Gasteiger partial charge >= 0.3 is 0 Å². The van der Waals surface area contributed by atoms with E-state index in [1.54, 1.807) is 37.4 Å². The Bertz CT molecular complexity index is 811. The van der Waals surface area contributed by atoms with Crippen LogP contribution in [-0.2, 0) is 23.0 Å². The molecule has 0 saturated carbocycles. The summed E-state index contributed by atoms with van der Waals surface area (Å²) in [5, 5.41) is 0. The highest BCUT2D eigenvalue weighted by molar-refractivity contribution is 7.89. The molecule has 0 heterocycles. The van der Waals surface area contributed by atoms with Crippen molar-refractivity contribution in [2.45, 2.75) is 24.8 Å². The average molecular weight is 365 g/mol. The van der Waals surface area contributed by atoms with Crippen molar-refractivity contribution in [2.24, 2.45) is 0 Å². The molecule has 0 amide bonds. The monoisotopic (exact) mass is 365 g/mol. The maximum Gasteiger partial charge on any atom is 0.240 e. The van der Waals surface area contributed by atoms with E-state index in [-0.39, 0.29) is 11.4 Å². The van der Waals surface area contributed by atoms with Gasteiger partial charge in [-0.15, -0.1) is 0 Å². The quantitative estimate of drug-likeness (QED) is 0.779. The molecule has 0 aliphatic heterocycles. The summed E-state index contributed by atoms with van der Waals surface area (Å²) >= 11 is 0. The van der Waals surface area contributed by atoms with Crippen molar-refractivity contribution in [3.63, 3.8) is 0 Å². The molecule has 0 saturated heterocycles. The third kappa shape index (κ3) is 4.24. The fraction of sp³-hybridized carbons (Fsp3) is 0.333. The van der Waals surface area contributed by atoms with Crippen LogP contribution in [0.3, 0.4) is 0 Å². The van der Waals surface area contributed by atoms with Crippen LogP contribution in [0.1, 0.15) is 18.1 Å². The van der Waals surface area contributed by atoms with Crippen LogP contribution < -0.4 is 18.9 Å². The summed E-state index contributed by atoms with van der Waals surface area (Å²) in [7, 11) is 0.945. The lowest BCUT2D eigenvalue weighted by Crippen LogP contribution is -2.24. The molecule has 0 unspecified atom stereocenters. The van der Waals surface area contributed by atoms with Gasteiger partial charge in [0.05, 0.1) is 31.8 Å². The van der Waals surface area contributed by atoms with E-state index in [0.29, 0.717) is 29.2 Å². The zero-order valence-electron chi connectivity index (χ0n) is 14.8. The van der Waals surface area contributed by atoms with Gasteiger partial charge in [0.2, 0.25) is 10.0 Å². The zero-order valence-corrected chi connectivity index (χ0v) is 15.6. The molecule has 25 heavy (non-hydrogen) atoms. The molecule has 0 aromatic heterocycles. The molecule has 0 spiro atoms. The third-order valence-electron chi connectivity index (χ3n) is 3.91. The average Bonchev–Trinajstić information content (AvgIpc) is 2.65. The Kier molecular flexibility index (Phi) is 6.27. The third-order valence-corrected chi connectivity index (χ3v) is 5.31. The van der Waals surface area contributed by atoms with E-state index in [0.717, 1.165) is 5.56 Å². The molecule has 0 atom stereocenters. The molecular weight excluding hydrogens is 342 g/mol. The second kappa shape index (κ2) is 8.22. The van der Waals surface area contributed by atoms with Crippen LogP contribution in [0, 0.1) is 0 Å². The van der Waals surface area contributed by atoms with Gasteiger partial charge in [0.1, 0.15) is 17.2 Å². The molecule has 136 valence electrons. The van der Waals surface area contributed by atoms with Gasteiger partial charge in [0.15, 0.2) is 0 Å². The fourth-order valence-electron chi connectivity index (χ4n) is 2.55. The van der Waals surface area contributed by atoms with Gasteiger partial charge in [-0.1, -0.05) is 13.0 Å². The predicted molar refractivity (Wildman–Crippen MR) is 95.9 cm³/mol. The fourth-order valence-corrected chi connectivity index (χ4v) is 3.60. The second-order valence-electron chi connectivity index (χ2n) is 5.29. The van der Waals surface area contributed by atoms with Crippen molar-refractivity contribution in [3.05, 3.63) is 47.5 Å². The lowest BCUT2D eigenvalue weighted by Gasteiger charge is -2.14. The molecular formula is C18H23NO5S. The van der Waals surface area contributed by atoms with Gasteiger partial charge in [0, 0.05) is 6.54 Å². The Labute approximate surface area is 148 Å². The summed E-state index contributed by atoms with van der Waals surface area (Å²) in [4.78, 5) is 0.194. The van der Waals surface area contributed by atoms with Gasteiger partial charge in [-0.2, -0.15) is 0 Å². The molecule has 7 heteroatoms. The van der Waals surface area contributed by atoms with Crippen LogP contribution in [0.2, 0.25) is 0 Å². The SMILES string of the molecule is CCc1cc(S(=O)(=O)NCc2c(OC)cccc2OC)ccc1OC. The molecule has 0 aliphatic rings. The minimum atomic E-state index is -3.68. The Balaban J connectivity index is 2.29. The minimum Gasteiger partial charge on any atom is -0.496 e. The van der Waals surface area contributed by atoms with Crippen molar-refractivity contribution < 1.29 is 22.6 Å². The Hall–Kier alpha value is -2.25. The standard InChI is InChI=1S/C18H23NO5S/c1-5-13-11-14(9-10-16(13)22-2)25(20,21)19-12-15-17(23-3)7-6-8-18(15)24-4/h6-11,19H,5,12H2,1-4H3. The highest BCUT2D eigenvalue weighted by Crippen LogP contribution is 2.29. The molecule has 0 radical (unpaired) electrons. The number of methoxy groups -OCH3 is 3. The Morgan fingerprint density at radius 2 is 1.52 bits per heavy atom. The normalized spacial score (nSPS) is 11.2. The number of hydrogen-bond acceptors (Lipinski definition) is 5. The topological polar surface area (TPSA) is 73.9 Å². The smallest absolute Gasteiger partial charge is 0.240 e. The number of benzene rings is 2. The number of rotatable bonds is 8. The molecule has 0 bridgehead atoms. The summed E-state index contributed by atoms with van der Waals surface area (Å²) in [6.07, 6.45) is 0.673. The summed E-state index contributed by atoms with van der Waals surface area (Å²) in [5.41, 5.74) is 1.47. The van der Waals surface area contributed by atoms with Crippen LogP contribution in [0.25, 0.3) is 0 Å². The second-order valence-corrected chi connectivity index (χ2v) is 7.06. The minimum absolute atomic E-state index is 0.0585. The molecule has 1 N–H and O–H groups in total. The van der Waals surface area contributed by atoms with Crippen molar-refractivity contribution in [3.8, 4) is 17.2 Å². The van der Waals surface area contributed by atoms with Crippen LogP contribution in [0.4, 0.5) is 0 Å². The highest BCUT2D eigenvalue weighted by atomic mass is 32.2. The first kappa shape index (κ1) is 19.1. The van der Waals surface area contributed by atoms with Crippen LogP contribution in [0.15, 0.2) is 41.3 Å².